The van der Waals surface area contributed by atoms with Crippen LogP contribution < -0.4 is 10.6 Å². The molecule has 1 aromatic carbocycles. The number of carbonyl (C=O) groups excluding carboxylic acids is 1. The lowest BCUT2D eigenvalue weighted by Gasteiger charge is -2.32. The van der Waals surface area contributed by atoms with Gasteiger partial charge in [0.1, 0.15) is 0 Å². The van der Waals surface area contributed by atoms with Crippen molar-refractivity contribution in [3.05, 3.63) is 36.5 Å². The van der Waals surface area contributed by atoms with Gasteiger partial charge in [-0.3, -0.25) is 4.99 Å². The standard InChI is InChI=1S/C21H31N5O2/c1-3-28-21(27)26-15-10-18(11-16-26)24-20(22-2)23-12-6-13-25-14-9-17-7-4-5-8-19(17)25/h4-5,7-9,14,18H,3,6,10-13,15-16H2,1-2H3,(H2,22,23,24). The van der Waals surface area contributed by atoms with Gasteiger partial charge >= 0.3 is 6.09 Å². The van der Waals surface area contributed by atoms with Gasteiger partial charge in [-0.2, -0.15) is 0 Å². The molecule has 1 saturated heterocycles. The summed E-state index contributed by atoms with van der Waals surface area (Å²) >= 11 is 0. The lowest BCUT2D eigenvalue weighted by atomic mass is 10.1. The van der Waals surface area contributed by atoms with E-state index in [0.29, 0.717) is 25.7 Å². The van der Waals surface area contributed by atoms with Gasteiger partial charge in [-0.15, -0.1) is 0 Å². The van der Waals surface area contributed by atoms with Crippen molar-refractivity contribution in [2.75, 3.05) is 33.3 Å². The molecule has 2 aromatic rings. The molecule has 1 aromatic heterocycles. The molecule has 0 aliphatic carbocycles. The Bertz CT molecular complexity index is 793. The molecule has 0 radical (unpaired) electrons. The molecule has 28 heavy (non-hydrogen) atoms. The predicted molar refractivity (Wildman–Crippen MR) is 113 cm³/mol. The summed E-state index contributed by atoms with van der Waals surface area (Å²) in [5.74, 6) is 0.826. The summed E-state index contributed by atoms with van der Waals surface area (Å²) in [7, 11) is 1.79. The second kappa shape index (κ2) is 10.0. The molecule has 1 fully saturated rings. The van der Waals surface area contributed by atoms with E-state index in [-0.39, 0.29) is 6.09 Å². The highest BCUT2D eigenvalue weighted by atomic mass is 16.6. The first-order chi connectivity index (χ1) is 13.7. The van der Waals surface area contributed by atoms with Crippen molar-refractivity contribution in [3.8, 4) is 0 Å². The summed E-state index contributed by atoms with van der Waals surface area (Å²) in [4.78, 5) is 17.9. The average molecular weight is 386 g/mol. The SMILES string of the molecule is CCOC(=O)N1CCC(NC(=NC)NCCCn2ccc3ccccc32)CC1. The third-order valence-corrected chi connectivity index (χ3v) is 5.13. The van der Waals surface area contributed by atoms with E-state index in [1.165, 1.54) is 10.9 Å². The highest BCUT2D eigenvalue weighted by molar-refractivity contribution is 5.80. The van der Waals surface area contributed by atoms with Crippen LogP contribution in [0.1, 0.15) is 26.2 Å². The largest absolute Gasteiger partial charge is 0.450 e. The number of guanidine groups is 1. The van der Waals surface area contributed by atoms with Gasteiger partial charge < -0.3 is 24.8 Å². The number of rotatable bonds is 6. The lowest BCUT2D eigenvalue weighted by Crippen LogP contribution is -2.50. The van der Waals surface area contributed by atoms with Crippen molar-refractivity contribution >= 4 is 23.0 Å². The van der Waals surface area contributed by atoms with Crippen molar-refractivity contribution < 1.29 is 9.53 Å². The summed E-state index contributed by atoms with van der Waals surface area (Å²) < 4.78 is 7.36. The molecule has 2 N–H and O–H groups in total. The minimum atomic E-state index is -0.207. The molecule has 7 nitrogen and oxygen atoms in total. The van der Waals surface area contributed by atoms with Gasteiger partial charge in [0.05, 0.1) is 6.61 Å². The van der Waals surface area contributed by atoms with Crippen LogP contribution in [0.3, 0.4) is 0 Å². The Morgan fingerprint density at radius 1 is 1.25 bits per heavy atom. The lowest BCUT2D eigenvalue weighted by molar-refractivity contribution is 0.0963. The zero-order valence-corrected chi connectivity index (χ0v) is 16.9. The van der Waals surface area contributed by atoms with Gasteiger partial charge in [0, 0.05) is 51.0 Å². The number of fused-ring (bicyclic) bond motifs is 1. The van der Waals surface area contributed by atoms with E-state index in [1.807, 2.05) is 6.92 Å². The topological polar surface area (TPSA) is 70.9 Å². The van der Waals surface area contributed by atoms with Gasteiger partial charge in [-0.05, 0) is 43.7 Å². The second-order valence-corrected chi connectivity index (χ2v) is 7.03. The Labute approximate surface area is 166 Å². The molecule has 3 rings (SSSR count). The van der Waals surface area contributed by atoms with E-state index in [2.05, 4.69) is 56.7 Å². The monoisotopic (exact) mass is 385 g/mol. The molecule has 7 heteroatoms. The number of likely N-dealkylation sites (tertiary alicyclic amines) is 1. The van der Waals surface area contributed by atoms with Crippen LogP contribution in [-0.4, -0.2) is 60.9 Å². The minimum absolute atomic E-state index is 0.207. The van der Waals surface area contributed by atoms with E-state index in [0.717, 1.165) is 38.3 Å². The Morgan fingerprint density at radius 3 is 2.79 bits per heavy atom. The summed E-state index contributed by atoms with van der Waals surface area (Å²) in [5.41, 5.74) is 1.28. The van der Waals surface area contributed by atoms with Crippen LogP contribution in [-0.2, 0) is 11.3 Å². The van der Waals surface area contributed by atoms with E-state index in [4.69, 9.17) is 4.74 Å². The third-order valence-electron chi connectivity index (χ3n) is 5.13. The maximum Gasteiger partial charge on any atom is 0.409 e. The van der Waals surface area contributed by atoms with Crippen LogP contribution in [0.4, 0.5) is 4.79 Å². The van der Waals surface area contributed by atoms with Gasteiger partial charge in [-0.1, -0.05) is 18.2 Å². The molecular weight excluding hydrogens is 354 g/mol. The van der Waals surface area contributed by atoms with Crippen LogP contribution in [0.5, 0.6) is 0 Å². The molecule has 152 valence electrons. The normalized spacial score (nSPS) is 15.6. The number of ether oxygens (including phenoxy) is 1. The Hall–Kier alpha value is -2.70. The molecule has 1 aliphatic rings. The average Bonchev–Trinajstić information content (AvgIpc) is 3.14. The molecule has 1 aliphatic heterocycles. The Balaban J connectivity index is 1.38. The zero-order valence-electron chi connectivity index (χ0n) is 16.9. The number of para-hydroxylation sites is 1. The van der Waals surface area contributed by atoms with Crippen LogP contribution >= 0.6 is 0 Å². The minimum Gasteiger partial charge on any atom is -0.450 e. The molecule has 1 amide bonds. The number of nitrogens with one attached hydrogen (secondary N) is 2. The highest BCUT2D eigenvalue weighted by Gasteiger charge is 2.23. The van der Waals surface area contributed by atoms with Crippen LogP contribution in [0, 0.1) is 0 Å². The van der Waals surface area contributed by atoms with Crippen molar-refractivity contribution in [1.29, 1.82) is 0 Å². The zero-order chi connectivity index (χ0) is 19.8. The molecule has 0 unspecified atom stereocenters. The Morgan fingerprint density at radius 2 is 2.04 bits per heavy atom. The van der Waals surface area contributed by atoms with Gasteiger partial charge in [-0.25, -0.2) is 4.79 Å². The molecular formula is C21H31N5O2. The molecule has 0 atom stereocenters. The number of aromatic nitrogens is 1. The number of piperidine rings is 1. The number of hydrogen-bond donors (Lipinski definition) is 2. The van der Waals surface area contributed by atoms with Crippen molar-refractivity contribution in [1.82, 2.24) is 20.1 Å². The summed E-state index contributed by atoms with van der Waals surface area (Å²) in [5, 5.41) is 8.16. The highest BCUT2D eigenvalue weighted by Crippen LogP contribution is 2.15. The summed E-state index contributed by atoms with van der Waals surface area (Å²) in [6.07, 6.45) is 4.75. The van der Waals surface area contributed by atoms with Crippen LogP contribution in [0.25, 0.3) is 10.9 Å². The molecule has 2 heterocycles. The number of amides is 1. The number of benzene rings is 1. The first kappa shape index (κ1) is 20.0. The van der Waals surface area contributed by atoms with Crippen LogP contribution in [0.2, 0.25) is 0 Å². The van der Waals surface area contributed by atoms with E-state index < -0.39 is 0 Å². The maximum atomic E-state index is 11.8. The van der Waals surface area contributed by atoms with Gasteiger partial charge in [0.2, 0.25) is 0 Å². The van der Waals surface area contributed by atoms with Crippen molar-refractivity contribution in [2.24, 2.45) is 4.99 Å². The molecule has 0 saturated carbocycles. The third kappa shape index (κ3) is 5.18. The van der Waals surface area contributed by atoms with E-state index >= 15 is 0 Å². The van der Waals surface area contributed by atoms with Crippen LogP contribution in [0.15, 0.2) is 41.5 Å². The number of aryl methyl sites for hydroxylation is 1. The fourth-order valence-electron chi connectivity index (χ4n) is 3.60. The number of carbonyl (C=O) groups is 1. The first-order valence-electron chi connectivity index (χ1n) is 10.1. The second-order valence-electron chi connectivity index (χ2n) is 7.03. The fourth-order valence-corrected chi connectivity index (χ4v) is 3.60. The first-order valence-corrected chi connectivity index (χ1v) is 10.1. The predicted octanol–water partition coefficient (Wildman–Crippen LogP) is 2.82. The van der Waals surface area contributed by atoms with E-state index in [1.54, 1.807) is 11.9 Å². The Kier molecular flexibility index (Phi) is 7.17. The number of aliphatic imine (C=N–C) groups is 1. The van der Waals surface area contributed by atoms with Gasteiger partial charge in [0.15, 0.2) is 5.96 Å². The van der Waals surface area contributed by atoms with Crippen molar-refractivity contribution in [3.63, 3.8) is 0 Å². The van der Waals surface area contributed by atoms with Gasteiger partial charge in [0.25, 0.3) is 0 Å². The number of hydrogen-bond acceptors (Lipinski definition) is 3. The molecule has 0 spiro atoms. The van der Waals surface area contributed by atoms with E-state index in [9.17, 15) is 4.79 Å². The summed E-state index contributed by atoms with van der Waals surface area (Å²) in [6, 6.07) is 10.9. The fraction of sp³-hybridized carbons (Fsp3) is 0.524. The number of nitrogens with zero attached hydrogens (tertiary/aromatic N) is 3. The molecule has 0 bridgehead atoms. The quantitative estimate of drug-likeness (QED) is 0.456. The maximum absolute atomic E-state index is 11.8. The summed E-state index contributed by atoms with van der Waals surface area (Å²) in [6.45, 7) is 5.51. The van der Waals surface area contributed by atoms with Crippen molar-refractivity contribution in [2.45, 2.75) is 38.8 Å². The smallest absolute Gasteiger partial charge is 0.409 e.